The van der Waals surface area contributed by atoms with E-state index in [1.54, 1.807) is 26.0 Å². The number of hydrogen-bond donors (Lipinski definition) is 1. The minimum atomic E-state index is -0.700. The number of thioether (sulfide) groups is 1. The van der Waals surface area contributed by atoms with Crippen LogP contribution in [0.25, 0.3) is 0 Å². The Morgan fingerprint density at radius 1 is 1.59 bits per heavy atom. The van der Waals surface area contributed by atoms with Crippen LogP contribution in [-0.4, -0.2) is 23.4 Å². The number of ether oxygens (including phenoxy) is 1. The highest BCUT2D eigenvalue weighted by Crippen LogP contribution is 2.24. The van der Waals surface area contributed by atoms with Crippen molar-refractivity contribution in [2.45, 2.75) is 24.8 Å². The molecule has 0 saturated heterocycles. The number of aliphatic hydroxyl groups excluding tert-OH is 1. The Labute approximate surface area is 104 Å². The first-order valence-corrected chi connectivity index (χ1v) is 6.29. The van der Waals surface area contributed by atoms with Gasteiger partial charge in [-0.15, -0.1) is 11.8 Å². The number of aliphatic hydroxyl groups is 1. The standard InChI is InChI=1S/C12H15FO3S/c1-3-16-12(15)7-17-11-5-4-9(8(2)14)6-10(11)13/h4-6,8,14H,3,7H2,1-2H3/t8-/m1/s1. The van der Waals surface area contributed by atoms with Crippen LogP contribution in [0.2, 0.25) is 0 Å². The van der Waals surface area contributed by atoms with Crippen LogP contribution in [0.15, 0.2) is 23.1 Å². The summed E-state index contributed by atoms with van der Waals surface area (Å²) in [6, 6.07) is 4.47. The lowest BCUT2D eigenvalue weighted by atomic mass is 10.1. The number of hydrogen-bond acceptors (Lipinski definition) is 4. The van der Waals surface area contributed by atoms with Gasteiger partial charge in [-0.3, -0.25) is 4.79 Å². The molecule has 1 aromatic rings. The molecule has 0 aliphatic rings. The van der Waals surface area contributed by atoms with Crippen LogP contribution in [0.5, 0.6) is 0 Å². The molecule has 0 unspecified atom stereocenters. The van der Waals surface area contributed by atoms with Crippen LogP contribution in [0.4, 0.5) is 4.39 Å². The number of carbonyl (C=O) groups excluding carboxylic acids is 1. The fourth-order valence-corrected chi connectivity index (χ4v) is 1.95. The monoisotopic (exact) mass is 258 g/mol. The third-order valence-electron chi connectivity index (χ3n) is 2.09. The quantitative estimate of drug-likeness (QED) is 0.651. The number of halogens is 1. The second-order valence-corrected chi connectivity index (χ2v) is 4.48. The summed E-state index contributed by atoms with van der Waals surface area (Å²) in [4.78, 5) is 11.5. The van der Waals surface area contributed by atoms with E-state index in [0.717, 1.165) is 11.8 Å². The van der Waals surface area contributed by atoms with Gasteiger partial charge in [0.25, 0.3) is 0 Å². The topological polar surface area (TPSA) is 46.5 Å². The van der Waals surface area contributed by atoms with Crippen LogP contribution in [0.3, 0.4) is 0 Å². The molecule has 0 spiro atoms. The van der Waals surface area contributed by atoms with Crippen molar-refractivity contribution < 1.29 is 19.0 Å². The van der Waals surface area contributed by atoms with Gasteiger partial charge in [-0.1, -0.05) is 6.07 Å². The van der Waals surface area contributed by atoms with Crippen molar-refractivity contribution in [2.24, 2.45) is 0 Å². The van der Waals surface area contributed by atoms with Gasteiger partial charge in [-0.2, -0.15) is 0 Å². The Balaban J connectivity index is 2.63. The highest BCUT2D eigenvalue weighted by atomic mass is 32.2. The summed E-state index contributed by atoms with van der Waals surface area (Å²) in [6.07, 6.45) is -0.700. The summed E-state index contributed by atoms with van der Waals surface area (Å²) in [6.45, 7) is 3.61. The molecular formula is C12H15FO3S. The molecule has 0 aliphatic heterocycles. The van der Waals surface area contributed by atoms with Crippen molar-refractivity contribution >= 4 is 17.7 Å². The Hall–Kier alpha value is -1.07. The molecule has 1 rings (SSSR count). The highest BCUT2D eigenvalue weighted by molar-refractivity contribution is 8.00. The van der Waals surface area contributed by atoms with Crippen LogP contribution in [0, 0.1) is 5.82 Å². The van der Waals surface area contributed by atoms with E-state index in [1.165, 1.54) is 6.07 Å². The van der Waals surface area contributed by atoms with Crippen molar-refractivity contribution in [3.63, 3.8) is 0 Å². The maximum Gasteiger partial charge on any atom is 0.316 e. The minimum absolute atomic E-state index is 0.0821. The zero-order valence-electron chi connectivity index (χ0n) is 9.77. The largest absolute Gasteiger partial charge is 0.465 e. The molecule has 1 atom stereocenters. The summed E-state index contributed by atoms with van der Waals surface area (Å²) in [5, 5.41) is 9.28. The van der Waals surface area contributed by atoms with Gasteiger partial charge in [0.1, 0.15) is 5.82 Å². The summed E-state index contributed by atoms with van der Waals surface area (Å²) in [7, 11) is 0. The maximum absolute atomic E-state index is 13.6. The van der Waals surface area contributed by atoms with Gasteiger partial charge >= 0.3 is 5.97 Å². The number of esters is 1. The predicted octanol–water partition coefficient (Wildman–Crippen LogP) is 2.53. The van der Waals surface area contributed by atoms with E-state index in [0.29, 0.717) is 17.1 Å². The van der Waals surface area contributed by atoms with E-state index in [-0.39, 0.29) is 11.7 Å². The average molecular weight is 258 g/mol. The van der Waals surface area contributed by atoms with E-state index in [4.69, 9.17) is 4.74 Å². The molecule has 0 fully saturated rings. The minimum Gasteiger partial charge on any atom is -0.465 e. The Kier molecular flexibility index (Phi) is 5.44. The van der Waals surface area contributed by atoms with Crippen LogP contribution in [0.1, 0.15) is 25.5 Å². The maximum atomic E-state index is 13.6. The summed E-state index contributed by atoms with van der Waals surface area (Å²) in [5.41, 5.74) is 0.517. The number of rotatable bonds is 5. The molecule has 0 bridgehead atoms. The smallest absolute Gasteiger partial charge is 0.316 e. The second-order valence-electron chi connectivity index (χ2n) is 3.46. The van der Waals surface area contributed by atoms with Gasteiger partial charge in [-0.25, -0.2) is 4.39 Å². The zero-order chi connectivity index (χ0) is 12.8. The van der Waals surface area contributed by atoms with E-state index in [9.17, 15) is 14.3 Å². The molecule has 0 radical (unpaired) electrons. The van der Waals surface area contributed by atoms with E-state index in [2.05, 4.69) is 0 Å². The van der Waals surface area contributed by atoms with Gasteiger partial charge in [-0.05, 0) is 31.5 Å². The zero-order valence-corrected chi connectivity index (χ0v) is 10.6. The van der Waals surface area contributed by atoms with Gasteiger partial charge in [0.15, 0.2) is 0 Å². The fraction of sp³-hybridized carbons (Fsp3) is 0.417. The third kappa shape index (κ3) is 4.36. The molecular weight excluding hydrogens is 243 g/mol. The SMILES string of the molecule is CCOC(=O)CSc1ccc([C@@H](C)O)cc1F. The summed E-state index contributed by atoms with van der Waals surface area (Å²) >= 11 is 1.08. The highest BCUT2D eigenvalue weighted by Gasteiger charge is 2.09. The van der Waals surface area contributed by atoms with E-state index >= 15 is 0 Å². The van der Waals surface area contributed by atoms with Crippen molar-refractivity contribution in [3.8, 4) is 0 Å². The molecule has 94 valence electrons. The fourth-order valence-electron chi connectivity index (χ4n) is 1.23. The molecule has 3 nitrogen and oxygen atoms in total. The molecule has 0 saturated carbocycles. The summed E-state index contributed by atoms with van der Waals surface area (Å²) < 4.78 is 18.3. The molecule has 0 aromatic heterocycles. The van der Waals surface area contributed by atoms with Crippen LogP contribution in [-0.2, 0) is 9.53 Å². The van der Waals surface area contributed by atoms with Crippen molar-refractivity contribution in [2.75, 3.05) is 12.4 Å². The molecule has 1 N–H and O–H groups in total. The molecule has 5 heteroatoms. The van der Waals surface area contributed by atoms with Gasteiger partial charge in [0.2, 0.25) is 0 Å². The van der Waals surface area contributed by atoms with Crippen molar-refractivity contribution in [1.82, 2.24) is 0 Å². The Bertz CT molecular complexity index is 393. The van der Waals surface area contributed by atoms with Crippen molar-refractivity contribution in [1.29, 1.82) is 0 Å². The van der Waals surface area contributed by atoms with E-state index in [1.807, 2.05) is 0 Å². The molecule has 1 aromatic carbocycles. The molecule has 0 aliphatic carbocycles. The molecule has 17 heavy (non-hydrogen) atoms. The van der Waals surface area contributed by atoms with Gasteiger partial charge in [0.05, 0.1) is 18.5 Å². The first-order valence-electron chi connectivity index (χ1n) is 5.30. The lowest BCUT2D eigenvalue weighted by molar-refractivity contribution is -0.139. The van der Waals surface area contributed by atoms with E-state index < -0.39 is 11.9 Å². The third-order valence-corrected chi connectivity index (χ3v) is 3.11. The molecule has 0 heterocycles. The van der Waals surface area contributed by atoms with Gasteiger partial charge < -0.3 is 9.84 Å². The first kappa shape index (κ1) is 14.0. The Morgan fingerprint density at radius 2 is 2.29 bits per heavy atom. The van der Waals surface area contributed by atoms with Crippen molar-refractivity contribution in [3.05, 3.63) is 29.6 Å². The first-order chi connectivity index (χ1) is 8.04. The lowest BCUT2D eigenvalue weighted by Crippen LogP contribution is -2.06. The number of benzene rings is 1. The normalized spacial score (nSPS) is 12.2. The molecule has 0 amide bonds. The van der Waals surface area contributed by atoms with Gasteiger partial charge in [0, 0.05) is 4.90 Å². The summed E-state index contributed by atoms with van der Waals surface area (Å²) in [5.74, 6) is -0.715. The Morgan fingerprint density at radius 3 is 2.82 bits per heavy atom. The lowest BCUT2D eigenvalue weighted by Gasteiger charge is -2.07. The number of carbonyl (C=O) groups is 1. The van der Waals surface area contributed by atoms with Crippen LogP contribution >= 0.6 is 11.8 Å². The predicted molar refractivity (Wildman–Crippen MR) is 64.4 cm³/mol. The second kappa shape index (κ2) is 6.61. The average Bonchev–Trinajstić information content (AvgIpc) is 2.27. The van der Waals surface area contributed by atoms with Crippen LogP contribution < -0.4 is 0 Å².